The largest absolute Gasteiger partial charge is 0.479 e. The molecule has 106 valence electrons. The average molecular weight is 294 g/mol. The number of aromatic nitrogens is 2. The van der Waals surface area contributed by atoms with Crippen molar-refractivity contribution in [2.24, 2.45) is 0 Å². The van der Waals surface area contributed by atoms with Crippen LogP contribution in [-0.4, -0.2) is 20.9 Å². The third-order valence-corrected chi connectivity index (χ3v) is 3.23. The Morgan fingerprint density at radius 2 is 2.10 bits per heavy atom. The van der Waals surface area contributed by atoms with E-state index in [0.29, 0.717) is 16.3 Å². The number of benzene rings is 1. The molecule has 2 N–H and O–H groups in total. The molecule has 0 aliphatic heterocycles. The summed E-state index contributed by atoms with van der Waals surface area (Å²) >= 11 is 6.04. The highest BCUT2D eigenvalue weighted by atomic mass is 35.5. The maximum absolute atomic E-state index is 11.5. The minimum atomic E-state index is -0.978. The summed E-state index contributed by atoms with van der Waals surface area (Å²) in [4.78, 5) is 11.5. The normalized spacial score (nSPS) is 12.4. The van der Waals surface area contributed by atoms with Crippen molar-refractivity contribution in [2.75, 3.05) is 5.32 Å². The summed E-state index contributed by atoms with van der Waals surface area (Å²) in [6.45, 7) is 3.96. The molecule has 0 aliphatic rings. The number of hydrogen-bond acceptors (Lipinski definition) is 3. The molecule has 20 heavy (non-hydrogen) atoms. The Hall–Kier alpha value is -2.01. The van der Waals surface area contributed by atoms with Crippen LogP contribution in [0.2, 0.25) is 5.02 Å². The molecule has 6 heteroatoms. The van der Waals surface area contributed by atoms with Crippen LogP contribution in [0.4, 0.5) is 5.69 Å². The SMILES string of the molecule is CC(C)n1cc(C(Nc2ccccc2Cl)C(=O)O)cn1. The summed E-state index contributed by atoms with van der Waals surface area (Å²) in [7, 11) is 0. The first kappa shape index (κ1) is 14.4. The molecule has 0 radical (unpaired) electrons. The van der Waals surface area contributed by atoms with Gasteiger partial charge in [-0.2, -0.15) is 5.10 Å². The number of anilines is 1. The van der Waals surface area contributed by atoms with Crippen LogP contribution in [0.5, 0.6) is 0 Å². The number of carboxylic acid groups (broad SMARTS) is 1. The molecule has 0 saturated heterocycles. The van der Waals surface area contributed by atoms with Crippen LogP contribution in [0.1, 0.15) is 31.5 Å². The minimum Gasteiger partial charge on any atom is -0.479 e. The standard InChI is InChI=1S/C14H16ClN3O2/c1-9(2)18-8-10(7-16-18)13(14(19)20)17-12-6-4-3-5-11(12)15/h3-9,13,17H,1-2H3,(H,19,20). The van der Waals surface area contributed by atoms with Gasteiger partial charge in [0.2, 0.25) is 0 Å². The molecule has 0 fully saturated rings. The van der Waals surface area contributed by atoms with Gasteiger partial charge in [-0.25, -0.2) is 4.79 Å². The van der Waals surface area contributed by atoms with Gasteiger partial charge in [0.1, 0.15) is 0 Å². The lowest BCUT2D eigenvalue weighted by Gasteiger charge is -2.15. The minimum absolute atomic E-state index is 0.179. The third-order valence-electron chi connectivity index (χ3n) is 2.90. The monoisotopic (exact) mass is 293 g/mol. The first-order valence-electron chi connectivity index (χ1n) is 6.27. The maximum atomic E-state index is 11.5. The molecule has 1 unspecified atom stereocenters. The first-order valence-corrected chi connectivity index (χ1v) is 6.64. The van der Waals surface area contributed by atoms with Crippen molar-refractivity contribution in [3.63, 3.8) is 0 Å². The molecule has 0 aliphatic carbocycles. The number of para-hydroxylation sites is 1. The molecule has 0 saturated carbocycles. The van der Waals surface area contributed by atoms with Gasteiger partial charge in [0.05, 0.1) is 16.9 Å². The summed E-state index contributed by atoms with van der Waals surface area (Å²) in [5, 5.41) is 17.0. The van der Waals surface area contributed by atoms with Crippen LogP contribution < -0.4 is 5.32 Å². The van der Waals surface area contributed by atoms with Crippen LogP contribution in [0.3, 0.4) is 0 Å². The summed E-state index contributed by atoms with van der Waals surface area (Å²) in [6.07, 6.45) is 3.29. The van der Waals surface area contributed by atoms with Gasteiger partial charge in [0, 0.05) is 17.8 Å². The molecule has 1 aromatic carbocycles. The zero-order valence-electron chi connectivity index (χ0n) is 11.2. The van der Waals surface area contributed by atoms with E-state index in [1.54, 1.807) is 41.3 Å². The van der Waals surface area contributed by atoms with Gasteiger partial charge in [-0.05, 0) is 26.0 Å². The summed E-state index contributed by atoms with van der Waals surface area (Å²) in [5.74, 6) is -0.978. The molecular formula is C14H16ClN3O2. The number of rotatable bonds is 5. The fourth-order valence-corrected chi connectivity index (χ4v) is 2.00. The van der Waals surface area contributed by atoms with Gasteiger partial charge in [-0.1, -0.05) is 23.7 Å². The Morgan fingerprint density at radius 1 is 1.40 bits per heavy atom. The number of carboxylic acids is 1. The number of hydrogen-bond donors (Lipinski definition) is 2. The van der Waals surface area contributed by atoms with E-state index in [1.807, 2.05) is 13.8 Å². The molecule has 5 nitrogen and oxygen atoms in total. The topological polar surface area (TPSA) is 67.2 Å². The molecule has 2 aromatic rings. The Labute approximate surface area is 122 Å². The first-order chi connectivity index (χ1) is 9.49. The molecule has 0 spiro atoms. The van der Waals surface area contributed by atoms with Crippen molar-refractivity contribution in [1.29, 1.82) is 0 Å². The lowest BCUT2D eigenvalue weighted by atomic mass is 10.1. The summed E-state index contributed by atoms with van der Waals surface area (Å²) in [6, 6.07) is 6.33. The lowest BCUT2D eigenvalue weighted by Crippen LogP contribution is -2.20. The van der Waals surface area contributed by atoms with Gasteiger partial charge in [0.25, 0.3) is 0 Å². The predicted octanol–water partition coefficient (Wildman–Crippen LogP) is 3.36. The molecule has 1 atom stereocenters. The number of nitrogens with zero attached hydrogens (tertiary/aromatic N) is 2. The molecule has 1 aromatic heterocycles. The van der Waals surface area contributed by atoms with Crippen molar-refractivity contribution >= 4 is 23.3 Å². The fourth-order valence-electron chi connectivity index (χ4n) is 1.81. The smallest absolute Gasteiger partial charge is 0.330 e. The Kier molecular flexibility index (Phi) is 4.29. The Balaban J connectivity index is 2.27. The van der Waals surface area contributed by atoms with Crippen LogP contribution in [0.25, 0.3) is 0 Å². The van der Waals surface area contributed by atoms with E-state index in [0.717, 1.165) is 0 Å². The van der Waals surface area contributed by atoms with E-state index in [4.69, 9.17) is 11.6 Å². The average Bonchev–Trinajstić information content (AvgIpc) is 2.87. The van der Waals surface area contributed by atoms with Crippen LogP contribution >= 0.6 is 11.6 Å². The third kappa shape index (κ3) is 3.11. The van der Waals surface area contributed by atoms with E-state index in [2.05, 4.69) is 10.4 Å². The van der Waals surface area contributed by atoms with Crippen molar-refractivity contribution in [1.82, 2.24) is 9.78 Å². The van der Waals surface area contributed by atoms with E-state index >= 15 is 0 Å². The quantitative estimate of drug-likeness (QED) is 0.887. The number of aliphatic carboxylic acids is 1. The van der Waals surface area contributed by atoms with Crippen LogP contribution in [-0.2, 0) is 4.79 Å². The van der Waals surface area contributed by atoms with Crippen molar-refractivity contribution in [3.05, 3.63) is 47.2 Å². The van der Waals surface area contributed by atoms with Crippen molar-refractivity contribution in [3.8, 4) is 0 Å². The molecule has 1 heterocycles. The molecule has 0 bridgehead atoms. The van der Waals surface area contributed by atoms with Gasteiger partial charge in [-0.3, -0.25) is 4.68 Å². The predicted molar refractivity (Wildman–Crippen MR) is 78.1 cm³/mol. The van der Waals surface area contributed by atoms with E-state index in [-0.39, 0.29) is 6.04 Å². The second-order valence-corrected chi connectivity index (χ2v) is 5.15. The zero-order chi connectivity index (χ0) is 14.7. The zero-order valence-corrected chi connectivity index (χ0v) is 12.0. The van der Waals surface area contributed by atoms with Crippen LogP contribution in [0.15, 0.2) is 36.7 Å². The van der Waals surface area contributed by atoms with Crippen LogP contribution in [0, 0.1) is 0 Å². The van der Waals surface area contributed by atoms with E-state index in [1.165, 1.54) is 0 Å². The lowest BCUT2D eigenvalue weighted by molar-refractivity contribution is -0.138. The highest BCUT2D eigenvalue weighted by Gasteiger charge is 2.22. The molecular weight excluding hydrogens is 278 g/mol. The van der Waals surface area contributed by atoms with E-state index in [9.17, 15) is 9.90 Å². The number of nitrogens with one attached hydrogen (secondary N) is 1. The van der Waals surface area contributed by atoms with Gasteiger partial charge >= 0.3 is 5.97 Å². The Morgan fingerprint density at radius 3 is 2.65 bits per heavy atom. The van der Waals surface area contributed by atoms with Crippen molar-refractivity contribution in [2.45, 2.75) is 25.9 Å². The highest BCUT2D eigenvalue weighted by molar-refractivity contribution is 6.33. The Bertz CT molecular complexity index is 610. The summed E-state index contributed by atoms with van der Waals surface area (Å²) in [5.41, 5.74) is 1.17. The van der Waals surface area contributed by atoms with Crippen molar-refractivity contribution < 1.29 is 9.90 Å². The maximum Gasteiger partial charge on any atom is 0.330 e. The van der Waals surface area contributed by atoms with E-state index < -0.39 is 12.0 Å². The van der Waals surface area contributed by atoms with Gasteiger partial charge < -0.3 is 10.4 Å². The molecule has 0 amide bonds. The summed E-state index contributed by atoms with van der Waals surface area (Å²) < 4.78 is 1.72. The number of halogens is 1. The highest BCUT2D eigenvalue weighted by Crippen LogP contribution is 2.26. The number of carbonyl (C=O) groups is 1. The fraction of sp³-hybridized carbons (Fsp3) is 0.286. The second kappa shape index (κ2) is 5.96. The van der Waals surface area contributed by atoms with Gasteiger partial charge in [-0.15, -0.1) is 0 Å². The molecule has 2 rings (SSSR count). The van der Waals surface area contributed by atoms with Gasteiger partial charge in [0.15, 0.2) is 6.04 Å². The second-order valence-electron chi connectivity index (χ2n) is 4.74.